The molecule has 0 aliphatic heterocycles. The fraction of sp³-hybridized carbons (Fsp3) is 0.200. The van der Waals surface area contributed by atoms with Gasteiger partial charge in [-0.3, -0.25) is 19.4 Å². The van der Waals surface area contributed by atoms with Gasteiger partial charge in [-0.15, -0.1) is 0 Å². The van der Waals surface area contributed by atoms with Crippen LogP contribution in [0.1, 0.15) is 10.4 Å². The van der Waals surface area contributed by atoms with Crippen LogP contribution in [0.3, 0.4) is 0 Å². The van der Waals surface area contributed by atoms with Gasteiger partial charge in [-0.05, 0) is 24.3 Å². The largest absolute Gasteiger partial charge is 0.340 e. The lowest BCUT2D eigenvalue weighted by Crippen LogP contribution is -2.30. The first-order valence-electron chi connectivity index (χ1n) is 6.68. The predicted molar refractivity (Wildman–Crippen MR) is 78.7 cm³/mol. The summed E-state index contributed by atoms with van der Waals surface area (Å²) in [5, 5.41) is 4.12. The van der Waals surface area contributed by atoms with Gasteiger partial charge in [0.15, 0.2) is 0 Å². The number of fused-ring (bicyclic) bond motifs is 1. The van der Waals surface area contributed by atoms with Crippen LogP contribution in [-0.2, 0) is 6.54 Å². The minimum absolute atomic E-state index is 0.0327. The molecule has 1 amide bonds. The van der Waals surface area contributed by atoms with Gasteiger partial charge in [0.25, 0.3) is 5.91 Å². The molecular formula is C15H15N5O. The molecule has 0 atom stereocenters. The monoisotopic (exact) mass is 281 g/mol. The van der Waals surface area contributed by atoms with E-state index in [2.05, 4.69) is 15.1 Å². The van der Waals surface area contributed by atoms with Crippen LogP contribution in [0.4, 0.5) is 0 Å². The van der Waals surface area contributed by atoms with E-state index in [1.807, 2.05) is 18.3 Å². The summed E-state index contributed by atoms with van der Waals surface area (Å²) in [6.07, 6.45) is 6.87. The first kappa shape index (κ1) is 13.2. The molecular weight excluding hydrogens is 266 g/mol. The number of hydrogen-bond acceptors (Lipinski definition) is 4. The molecule has 6 nitrogen and oxygen atoms in total. The third-order valence-corrected chi connectivity index (χ3v) is 3.29. The Morgan fingerprint density at radius 3 is 2.76 bits per heavy atom. The summed E-state index contributed by atoms with van der Waals surface area (Å²) in [4.78, 5) is 22.5. The zero-order valence-electron chi connectivity index (χ0n) is 11.7. The van der Waals surface area contributed by atoms with E-state index in [4.69, 9.17) is 0 Å². The van der Waals surface area contributed by atoms with E-state index in [1.54, 1.807) is 47.4 Å². The summed E-state index contributed by atoms with van der Waals surface area (Å²) >= 11 is 0. The molecule has 0 unspecified atom stereocenters. The molecule has 0 spiro atoms. The minimum Gasteiger partial charge on any atom is -0.340 e. The van der Waals surface area contributed by atoms with E-state index >= 15 is 0 Å². The third kappa shape index (κ3) is 2.89. The van der Waals surface area contributed by atoms with Gasteiger partial charge in [-0.1, -0.05) is 0 Å². The second-order valence-corrected chi connectivity index (χ2v) is 4.76. The minimum atomic E-state index is -0.0327. The van der Waals surface area contributed by atoms with Gasteiger partial charge in [0.1, 0.15) is 0 Å². The number of carbonyl (C=O) groups is 1. The van der Waals surface area contributed by atoms with E-state index in [0.717, 1.165) is 11.0 Å². The van der Waals surface area contributed by atoms with Crippen LogP contribution < -0.4 is 0 Å². The molecule has 3 rings (SSSR count). The third-order valence-electron chi connectivity index (χ3n) is 3.29. The van der Waals surface area contributed by atoms with Crippen molar-refractivity contribution in [2.75, 3.05) is 13.6 Å². The van der Waals surface area contributed by atoms with Crippen LogP contribution in [0.5, 0.6) is 0 Å². The van der Waals surface area contributed by atoms with Crippen molar-refractivity contribution < 1.29 is 4.79 Å². The van der Waals surface area contributed by atoms with E-state index in [-0.39, 0.29) is 5.91 Å². The quantitative estimate of drug-likeness (QED) is 0.728. The van der Waals surface area contributed by atoms with Crippen LogP contribution in [0.25, 0.3) is 11.0 Å². The number of benzene rings is 1. The Hall–Kier alpha value is -2.76. The van der Waals surface area contributed by atoms with E-state index in [9.17, 15) is 4.79 Å². The summed E-state index contributed by atoms with van der Waals surface area (Å²) in [7, 11) is 1.78. The normalized spacial score (nSPS) is 10.7. The highest BCUT2D eigenvalue weighted by Crippen LogP contribution is 2.12. The SMILES string of the molecule is CN(CCn1cccn1)C(=O)c1ccc2nccnc2c1. The van der Waals surface area contributed by atoms with E-state index < -0.39 is 0 Å². The maximum atomic E-state index is 12.4. The molecule has 2 aromatic heterocycles. The highest BCUT2D eigenvalue weighted by molar-refractivity contribution is 5.97. The number of likely N-dealkylation sites (N-methyl/N-ethyl adjacent to an activating group) is 1. The first-order chi connectivity index (χ1) is 10.2. The van der Waals surface area contributed by atoms with Crippen molar-refractivity contribution in [3.05, 3.63) is 54.6 Å². The van der Waals surface area contributed by atoms with E-state index in [1.165, 1.54) is 0 Å². The Morgan fingerprint density at radius 2 is 2.00 bits per heavy atom. The molecule has 0 saturated heterocycles. The molecule has 0 aliphatic rings. The van der Waals surface area contributed by atoms with Gasteiger partial charge < -0.3 is 4.90 Å². The summed E-state index contributed by atoms with van der Waals surface area (Å²) < 4.78 is 1.80. The predicted octanol–water partition coefficient (Wildman–Crippen LogP) is 1.60. The molecule has 6 heteroatoms. The van der Waals surface area contributed by atoms with Crippen molar-refractivity contribution in [2.24, 2.45) is 0 Å². The van der Waals surface area contributed by atoms with Gasteiger partial charge in [-0.2, -0.15) is 5.10 Å². The second kappa shape index (κ2) is 5.70. The first-order valence-corrected chi connectivity index (χ1v) is 6.68. The van der Waals surface area contributed by atoms with Crippen LogP contribution in [0.15, 0.2) is 49.1 Å². The fourth-order valence-electron chi connectivity index (χ4n) is 2.10. The topological polar surface area (TPSA) is 63.9 Å². The zero-order chi connectivity index (χ0) is 14.7. The molecule has 1 aromatic carbocycles. The summed E-state index contributed by atoms with van der Waals surface area (Å²) in [5.41, 5.74) is 2.13. The Kier molecular flexibility index (Phi) is 3.59. The van der Waals surface area contributed by atoms with Crippen LogP contribution in [0, 0.1) is 0 Å². The van der Waals surface area contributed by atoms with Gasteiger partial charge in [0, 0.05) is 43.9 Å². The number of aromatic nitrogens is 4. The van der Waals surface area contributed by atoms with Crippen molar-refractivity contribution >= 4 is 16.9 Å². The van der Waals surface area contributed by atoms with Gasteiger partial charge in [0.2, 0.25) is 0 Å². The number of nitrogens with zero attached hydrogens (tertiary/aromatic N) is 5. The number of rotatable bonds is 4. The molecule has 21 heavy (non-hydrogen) atoms. The lowest BCUT2D eigenvalue weighted by molar-refractivity contribution is 0.0789. The molecule has 2 heterocycles. The Morgan fingerprint density at radius 1 is 1.19 bits per heavy atom. The summed E-state index contributed by atoms with van der Waals surface area (Å²) in [5.74, 6) is -0.0327. The Bertz CT molecular complexity index is 754. The lowest BCUT2D eigenvalue weighted by atomic mass is 10.1. The van der Waals surface area contributed by atoms with Gasteiger partial charge in [0.05, 0.1) is 17.6 Å². The lowest BCUT2D eigenvalue weighted by Gasteiger charge is -2.17. The maximum Gasteiger partial charge on any atom is 0.253 e. The average Bonchev–Trinajstić information content (AvgIpc) is 3.05. The molecule has 0 radical (unpaired) electrons. The number of amides is 1. The molecule has 0 N–H and O–H groups in total. The van der Waals surface area contributed by atoms with Crippen LogP contribution >= 0.6 is 0 Å². The smallest absolute Gasteiger partial charge is 0.253 e. The highest BCUT2D eigenvalue weighted by Gasteiger charge is 2.12. The van der Waals surface area contributed by atoms with Crippen molar-refractivity contribution in [3.63, 3.8) is 0 Å². The Balaban J connectivity index is 1.73. The number of hydrogen-bond donors (Lipinski definition) is 0. The average molecular weight is 281 g/mol. The molecule has 0 bridgehead atoms. The van der Waals surface area contributed by atoms with Gasteiger partial charge >= 0.3 is 0 Å². The molecule has 0 fully saturated rings. The van der Waals surface area contributed by atoms with Gasteiger partial charge in [-0.25, -0.2) is 0 Å². The van der Waals surface area contributed by atoms with E-state index in [0.29, 0.717) is 18.7 Å². The highest BCUT2D eigenvalue weighted by atomic mass is 16.2. The molecule has 0 saturated carbocycles. The van der Waals surface area contributed by atoms with Crippen molar-refractivity contribution in [1.29, 1.82) is 0 Å². The zero-order valence-corrected chi connectivity index (χ0v) is 11.7. The van der Waals surface area contributed by atoms with Crippen molar-refractivity contribution in [3.8, 4) is 0 Å². The summed E-state index contributed by atoms with van der Waals surface area (Å²) in [6, 6.07) is 7.24. The molecule has 3 aromatic rings. The standard InChI is InChI=1S/C15H15N5O/c1-19(9-10-20-8-2-5-18-20)15(21)12-3-4-13-14(11-12)17-7-6-16-13/h2-8,11H,9-10H2,1H3. The van der Waals surface area contributed by atoms with Crippen molar-refractivity contribution in [2.45, 2.75) is 6.54 Å². The fourth-order valence-corrected chi connectivity index (χ4v) is 2.10. The van der Waals surface area contributed by atoms with Crippen LogP contribution in [-0.4, -0.2) is 44.1 Å². The maximum absolute atomic E-state index is 12.4. The second-order valence-electron chi connectivity index (χ2n) is 4.76. The summed E-state index contributed by atoms with van der Waals surface area (Å²) in [6.45, 7) is 1.27. The Labute approximate surface area is 122 Å². The number of carbonyl (C=O) groups excluding carboxylic acids is 1. The molecule has 0 aliphatic carbocycles. The van der Waals surface area contributed by atoms with Crippen molar-refractivity contribution in [1.82, 2.24) is 24.6 Å². The van der Waals surface area contributed by atoms with Crippen LogP contribution in [0.2, 0.25) is 0 Å². The molecule has 106 valence electrons.